The van der Waals surface area contributed by atoms with Crippen molar-refractivity contribution in [1.82, 2.24) is 19.6 Å². The lowest BCUT2D eigenvalue weighted by molar-refractivity contribution is -0.137. The minimum absolute atomic E-state index is 0.116. The lowest BCUT2D eigenvalue weighted by Gasteiger charge is -2.10. The van der Waals surface area contributed by atoms with Crippen LogP contribution in [0.15, 0.2) is 41.0 Å². The van der Waals surface area contributed by atoms with Gasteiger partial charge in [0.2, 0.25) is 0 Å². The first kappa shape index (κ1) is 21.7. The summed E-state index contributed by atoms with van der Waals surface area (Å²) in [6, 6.07) is 6.36. The quantitative estimate of drug-likeness (QED) is 0.319. The number of para-hydroxylation sites is 1. The van der Waals surface area contributed by atoms with E-state index in [0.717, 1.165) is 28.5 Å². The molecule has 0 atom stereocenters. The minimum Gasteiger partial charge on any atom is -0.493 e. The van der Waals surface area contributed by atoms with E-state index in [4.69, 9.17) is 21.1 Å². The summed E-state index contributed by atoms with van der Waals surface area (Å²) in [6.07, 6.45) is -3.58. The molecule has 0 radical (unpaired) electrons. The number of rotatable bonds is 6. The highest BCUT2D eigenvalue weighted by Crippen LogP contribution is 2.39. The number of thioether (sulfide) groups is 1. The first-order valence-corrected chi connectivity index (χ1v) is 11.0. The van der Waals surface area contributed by atoms with Gasteiger partial charge in [0.25, 0.3) is 0 Å². The summed E-state index contributed by atoms with van der Waals surface area (Å²) in [4.78, 5) is 4.62. The number of nitrogens with zero attached hydrogens (tertiary/aromatic N) is 4. The Labute approximate surface area is 188 Å². The molecule has 6 nitrogen and oxygen atoms in total. The Hall–Kier alpha value is -2.50. The molecule has 0 N–H and O–H groups in total. The lowest BCUT2D eigenvalue weighted by atomic mass is 10.2. The Balaban J connectivity index is 1.59. The molecule has 0 aliphatic heterocycles. The summed E-state index contributed by atoms with van der Waals surface area (Å²) in [6.45, 7) is 0. The second kappa shape index (κ2) is 8.56. The number of ether oxygens (including phenoxy) is 2. The van der Waals surface area contributed by atoms with Crippen LogP contribution in [0, 0.1) is 0 Å². The van der Waals surface area contributed by atoms with Gasteiger partial charge in [-0.2, -0.15) is 13.2 Å². The largest absolute Gasteiger partial charge is 0.493 e. The molecular weight excluding hydrogens is 473 g/mol. The monoisotopic (exact) mass is 486 g/mol. The van der Waals surface area contributed by atoms with Crippen LogP contribution in [0.2, 0.25) is 5.02 Å². The van der Waals surface area contributed by atoms with Crippen molar-refractivity contribution < 1.29 is 22.6 Å². The molecular formula is C19H14ClF3N4O2S2. The number of hydrogen-bond donors (Lipinski definition) is 0. The molecule has 0 aliphatic rings. The highest BCUT2D eigenvalue weighted by Gasteiger charge is 2.32. The number of benzene rings is 1. The summed E-state index contributed by atoms with van der Waals surface area (Å²) in [5.74, 6) is 1.56. The van der Waals surface area contributed by atoms with Crippen molar-refractivity contribution in [3.05, 3.63) is 52.1 Å². The highest BCUT2D eigenvalue weighted by atomic mass is 35.5. The van der Waals surface area contributed by atoms with E-state index in [1.807, 2.05) is 17.5 Å². The fourth-order valence-electron chi connectivity index (χ4n) is 2.88. The van der Waals surface area contributed by atoms with E-state index < -0.39 is 11.7 Å². The molecule has 3 heterocycles. The van der Waals surface area contributed by atoms with Gasteiger partial charge in [-0.3, -0.25) is 4.40 Å². The van der Waals surface area contributed by atoms with Crippen molar-refractivity contribution in [2.75, 3.05) is 14.2 Å². The van der Waals surface area contributed by atoms with Crippen LogP contribution in [0.4, 0.5) is 13.2 Å². The summed E-state index contributed by atoms with van der Waals surface area (Å²) in [5, 5.41) is 10.6. The van der Waals surface area contributed by atoms with Crippen LogP contribution < -0.4 is 9.47 Å². The van der Waals surface area contributed by atoms with E-state index in [9.17, 15) is 13.2 Å². The third-order valence-corrected chi connectivity index (χ3v) is 6.47. The van der Waals surface area contributed by atoms with Crippen molar-refractivity contribution in [1.29, 1.82) is 0 Å². The molecule has 4 rings (SSSR count). The zero-order valence-corrected chi connectivity index (χ0v) is 18.5. The number of alkyl halides is 3. The van der Waals surface area contributed by atoms with Crippen LogP contribution in [0.5, 0.6) is 11.5 Å². The molecule has 0 spiro atoms. The molecule has 4 aromatic rings. The van der Waals surface area contributed by atoms with Crippen LogP contribution in [-0.4, -0.2) is 33.8 Å². The standard InChI is InChI=1S/C19H14ClF3N4O2S2/c1-28-14-5-3-4-12(15(14)29-2)17-24-11(8-30-17)9-31-18-26-25-16-13(20)6-10(7-27(16)18)19(21,22)23/h3-8H,9H2,1-2H3. The highest BCUT2D eigenvalue weighted by molar-refractivity contribution is 7.98. The second-order valence-corrected chi connectivity index (χ2v) is 8.43. The summed E-state index contributed by atoms with van der Waals surface area (Å²) in [7, 11) is 3.12. The number of hydrogen-bond acceptors (Lipinski definition) is 7. The summed E-state index contributed by atoms with van der Waals surface area (Å²) in [5.41, 5.74) is 0.826. The van der Waals surface area contributed by atoms with E-state index in [0.29, 0.717) is 17.3 Å². The number of aromatic nitrogens is 4. The minimum atomic E-state index is -4.52. The summed E-state index contributed by atoms with van der Waals surface area (Å²) < 4.78 is 51.4. The Kier molecular flexibility index (Phi) is 6.00. The molecule has 1 aromatic carbocycles. The molecule has 162 valence electrons. The molecule has 0 amide bonds. The number of thiazole rings is 1. The van der Waals surface area contributed by atoms with Crippen LogP contribution in [0.3, 0.4) is 0 Å². The molecule has 0 saturated heterocycles. The normalized spacial score (nSPS) is 11.8. The first-order valence-electron chi connectivity index (χ1n) is 8.72. The Morgan fingerprint density at radius 1 is 1.19 bits per heavy atom. The molecule has 0 fully saturated rings. The number of pyridine rings is 1. The lowest BCUT2D eigenvalue weighted by Crippen LogP contribution is -2.07. The van der Waals surface area contributed by atoms with Gasteiger partial charge in [0.1, 0.15) is 5.01 Å². The first-order chi connectivity index (χ1) is 14.8. The topological polar surface area (TPSA) is 61.5 Å². The van der Waals surface area contributed by atoms with E-state index in [-0.39, 0.29) is 15.8 Å². The smallest absolute Gasteiger partial charge is 0.417 e. The summed E-state index contributed by atoms with van der Waals surface area (Å²) >= 11 is 8.60. The Bertz CT molecular complexity index is 1240. The third-order valence-electron chi connectivity index (χ3n) is 4.29. The van der Waals surface area contributed by atoms with Crippen molar-refractivity contribution in [2.24, 2.45) is 0 Å². The van der Waals surface area contributed by atoms with Gasteiger partial charge in [0, 0.05) is 17.3 Å². The maximum atomic E-state index is 13.1. The molecule has 0 saturated carbocycles. The van der Waals surface area contributed by atoms with Crippen molar-refractivity contribution in [3.8, 4) is 22.1 Å². The fraction of sp³-hybridized carbons (Fsp3) is 0.211. The molecule has 3 aromatic heterocycles. The number of methoxy groups -OCH3 is 2. The van der Waals surface area contributed by atoms with Crippen LogP contribution >= 0.6 is 34.7 Å². The van der Waals surface area contributed by atoms with E-state index >= 15 is 0 Å². The van der Waals surface area contributed by atoms with Crippen LogP contribution in [-0.2, 0) is 11.9 Å². The average molecular weight is 487 g/mol. The second-order valence-electron chi connectivity index (χ2n) is 6.22. The fourth-order valence-corrected chi connectivity index (χ4v) is 4.87. The molecule has 0 bridgehead atoms. The number of fused-ring (bicyclic) bond motifs is 1. The van der Waals surface area contributed by atoms with Gasteiger partial charge in [-0.05, 0) is 18.2 Å². The van der Waals surface area contributed by atoms with Crippen molar-refractivity contribution >= 4 is 40.3 Å². The molecule has 31 heavy (non-hydrogen) atoms. The SMILES string of the molecule is COc1cccc(-c2nc(CSc3nnc4c(Cl)cc(C(F)(F)F)cn34)cs2)c1OC. The maximum Gasteiger partial charge on any atom is 0.417 e. The zero-order valence-electron chi connectivity index (χ0n) is 16.1. The van der Waals surface area contributed by atoms with E-state index in [1.165, 1.54) is 27.5 Å². The predicted molar refractivity (Wildman–Crippen MR) is 113 cm³/mol. The van der Waals surface area contributed by atoms with Crippen LogP contribution in [0.25, 0.3) is 16.2 Å². The zero-order chi connectivity index (χ0) is 22.2. The Morgan fingerprint density at radius 2 is 2.00 bits per heavy atom. The Morgan fingerprint density at radius 3 is 2.71 bits per heavy atom. The van der Waals surface area contributed by atoms with Crippen molar-refractivity contribution in [2.45, 2.75) is 17.1 Å². The predicted octanol–water partition coefficient (Wildman–Crippen LogP) is 5.83. The van der Waals surface area contributed by atoms with Gasteiger partial charge in [0.15, 0.2) is 22.3 Å². The number of halogens is 4. The molecule has 0 unspecified atom stereocenters. The van der Waals surface area contributed by atoms with E-state index in [2.05, 4.69) is 15.2 Å². The van der Waals surface area contributed by atoms with Crippen molar-refractivity contribution in [3.63, 3.8) is 0 Å². The molecule has 12 heteroatoms. The van der Waals surface area contributed by atoms with Gasteiger partial charge >= 0.3 is 6.18 Å². The molecule has 0 aliphatic carbocycles. The average Bonchev–Trinajstić information content (AvgIpc) is 3.38. The third kappa shape index (κ3) is 4.30. The maximum absolute atomic E-state index is 13.1. The van der Waals surface area contributed by atoms with Gasteiger partial charge in [0.05, 0.1) is 36.1 Å². The van der Waals surface area contributed by atoms with Gasteiger partial charge in [-0.1, -0.05) is 29.4 Å². The van der Waals surface area contributed by atoms with Crippen LogP contribution in [0.1, 0.15) is 11.3 Å². The van der Waals surface area contributed by atoms with Gasteiger partial charge in [-0.25, -0.2) is 4.98 Å². The van der Waals surface area contributed by atoms with Gasteiger partial charge < -0.3 is 9.47 Å². The van der Waals surface area contributed by atoms with E-state index in [1.54, 1.807) is 20.3 Å². The van der Waals surface area contributed by atoms with Gasteiger partial charge in [-0.15, -0.1) is 21.5 Å².